The van der Waals surface area contributed by atoms with Gasteiger partial charge in [-0.15, -0.1) is 0 Å². The lowest BCUT2D eigenvalue weighted by atomic mass is 9.92. The molecule has 0 N–H and O–H groups in total. The van der Waals surface area contributed by atoms with Crippen LogP contribution < -0.4 is 0 Å². The van der Waals surface area contributed by atoms with Crippen LogP contribution in [0.25, 0.3) is 155 Å². The summed E-state index contributed by atoms with van der Waals surface area (Å²) in [6.07, 6.45) is 12.6. The number of aromatic nitrogens is 5. The van der Waals surface area contributed by atoms with E-state index < -0.39 is 0 Å². The van der Waals surface area contributed by atoms with E-state index in [0.717, 1.165) is 151 Å². The summed E-state index contributed by atoms with van der Waals surface area (Å²) in [5.41, 5.74) is 24.6. The Labute approximate surface area is 501 Å². The first kappa shape index (κ1) is 50.0. The third kappa shape index (κ3) is 8.50. The first-order valence-electron chi connectivity index (χ1n) is 29.6. The molecule has 0 radical (unpaired) electrons. The van der Waals surface area contributed by atoms with Crippen molar-refractivity contribution in [1.82, 2.24) is 24.1 Å². The zero-order valence-electron chi connectivity index (χ0n) is 47.2. The molecule has 1 aliphatic heterocycles. The zero-order chi connectivity index (χ0) is 57.4. The number of benzene rings is 10. The van der Waals surface area contributed by atoms with Crippen LogP contribution >= 0.6 is 0 Å². The fraction of sp³-hybridized carbons (Fsp3) is 0.0250. The van der Waals surface area contributed by atoms with Crippen molar-refractivity contribution < 1.29 is 4.42 Å². The maximum absolute atomic E-state index is 6.76. The molecule has 87 heavy (non-hydrogen) atoms. The molecule has 1 unspecified atom stereocenters. The van der Waals surface area contributed by atoms with Gasteiger partial charge in [0, 0.05) is 85.2 Å². The second-order valence-electron chi connectivity index (χ2n) is 22.4. The SMILES string of the molecule is C1=CCC(c2ccccc2-c2ccc3c(c2)c2cc(-c4ccccc4-c4ccccn4)ccc2n3-c2ccc3oc4ccc(-n5c6ccc(-c7ccccc7-c7ccccn7)cc6c6cc(-c7ccccc7-c7ccccn7)ccc65)cc4c3c2)N=C1. The molecule has 10 aromatic carbocycles. The molecule has 17 rings (SSSR count). The summed E-state index contributed by atoms with van der Waals surface area (Å²) in [4.78, 5) is 19.3. The highest BCUT2D eigenvalue weighted by Gasteiger charge is 2.23. The Hall–Kier alpha value is -11.5. The van der Waals surface area contributed by atoms with Gasteiger partial charge in [0.15, 0.2) is 0 Å². The first-order chi connectivity index (χ1) is 43.1. The molecular formula is C80H52N6O. The topological polar surface area (TPSA) is 74.0 Å². The van der Waals surface area contributed by atoms with Crippen molar-refractivity contribution >= 4 is 71.8 Å². The molecule has 7 heteroatoms. The van der Waals surface area contributed by atoms with Gasteiger partial charge in [0.25, 0.3) is 0 Å². The zero-order valence-corrected chi connectivity index (χ0v) is 47.2. The Morgan fingerprint density at radius 1 is 0.322 bits per heavy atom. The number of aliphatic imine (C=N–C) groups is 1. The van der Waals surface area contributed by atoms with Crippen LogP contribution in [0.1, 0.15) is 18.0 Å². The highest BCUT2D eigenvalue weighted by atomic mass is 16.3. The Morgan fingerprint density at radius 2 is 0.690 bits per heavy atom. The molecule has 0 aliphatic carbocycles. The summed E-state index contributed by atoms with van der Waals surface area (Å²) < 4.78 is 11.6. The predicted molar refractivity (Wildman–Crippen MR) is 359 cm³/mol. The first-order valence-corrected chi connectivity index (χ1v) is 29.6. The number of hydrogen-bond donors (Lipinski definition) is 0. The van der Waals surface area contributed by atoms with Crippen molar-refractivity contribution in [3.05, 3.63) is 297 Å². The number of allylic oxidation sites excluding steroid dienone is 1. The van der Waals surface area contributed by atoms with Crippen LogP contribution in [-0.2, 0) is 0 Å². The van der Waals surface area contributed by atoms with E-state index in [1.807, 2.05) is 49.1 Å². The molecule has 6 aromatic heterocycles. The third-order valence-electron chi connectivity index (χ3n) is 17.5. The van der Waals surface area contributed by atoms with E-state index in [1.54, 1.807) is 0 Å². The molecule has 1 atom stereocenters. The monoisotopic (exact) mass is 1110 g/mol. The van der Waals surface area contributed by atoms with E-state index in [4.69, 9.17) is 24.4 Å². The number of fused-ring (bicyclic) bond motifs is 9. The average Bonchev–Trinajstić information content (AvgIpc) is 1.72. The van der Waals surface area contributed by atoms with E-state index in [1.165, 1.54) is 16.5 Å². The number of furan rings is 1. The molecule has 7 nitrogen and oxygen atoms in total. The summed E-state index contributed by atoms with van der Waals surface area (Å²) >= 11 is 0. The third-order valence-corrected chi connectivity index (χ3v) is 17.5. The Morgan fingerprint density at radius 3 is 1.07 bits per heavy atom. The van der Waals surface area contributed by atoms with Crippen LogP contribution in [0, 0.1) is 0 Å². The van der Waals surface area contributed by atoms with Gasteiger partial charge >= 0.3 is 0 Å². The predicted octanol–water partition coefficient (Wildman–Crippen LogP) is 20.7. The van der Waals surface area contributed by atoms with E-state index in [0.29, 0.717) is 0 Å². The van der Waals surface area contributed by atoms with Gasteiger partial charge in [0.2, 0.25) is 0 Å². The normalized spacial score (nSPS) is 13.3. The van der Waals surface area contributed by atoms with Crippen molar-refractivity contribution in [3.8, 4) is 89.7 Å². The summed E-state index contributed by atoms with van der Waals surface area (Å²) in [7, 11) is 0. The number of hydrogen-bond acceptors (Lipinski definition) is 5. The molecule has 16 aromatic rings. The van der Waals surface area contributed by atoms with Crippen LogP contribution in [0.4, 0.5) is 0 Å². The number of rotatable bonds is 10. The summed E-state index contributed by atoms with van der Waals surface area (Å²) in [5, 5.41) is 6.70. The molecule has 7 heterocycles. The summed E-state index contributed by atoms with van der Waals surface area (Å²) in [5.74, 6) is 0. The molecule has 0 amide bonds. The summed E-state index contributed by atoms with van der Waals surface area (Å²) in [6, 6.07) is 93.9. The Bertz CT molecular complexity index is 5300. The molecular weight excluding hydrogens is 1060 g/mol. The minimum atomic E-state index is 0.0585. The molecule has 408 valence electrons. The van der Waals surface area contributed by atoms with Crippen LogP contribution in [0.3, 0.4) is 0 Å². The van der Waals surface area contributed by atoms with E-state index >= 15 is 0 Å². The Balaban J connectivity index is 0.844. The molecule has 0 saturated carbocycles. The number of dihydropyridines is 1. The summed E-state index contributed by atoms with van der Waals surface area (Å²) in [6.45, 7) is 0. The lowest BCUT2D eigenvalue weighted by Gasteiger charge is -2.17. The van der Waals surface area contributed by atoms with Crippen LogP contribution in [-0.4, -0.2) is 30.3 Å². The largest absolute Gasteiger partial charge is 0.456 e. The van der Waals surface area contributed by atoms with Gasteiger partial charge in [-0.1, -0.05) is 146 Å². The van der Waals surface area contributed by atoms with E-state index in [2.05, 4.69) is 258 Å². The average molecular weight is 1110 g/mol. The number of pyridine rings is 3. The van der Waals surface area contributed by atoms with Gasteiger partial charge in [-0.2, -0.15) is 0 Å². The Kier molecular flexibility index (Phi) is 11.9. The van der Waals surface area contributed by atoms with Crippen molar-refractivity contribution in [2.75, 3.05) is 0 Å². The maximum atomic E-state index is 6.76. The van der Waals surface area contributed by atoms with Gasteiger partial charge in [0.05, 0.1) is 45.2 Å². The quantitative estimate of drug-likeness (QED) is 0.137. The number of nitrogens with zero attached hydrogens (tertiary/aromatic N) is 6. The lowest BCUT2D eigenvalue weighted by Crippen LogP contribution is -2.00. The second-order valence-corrected chi connectivity index (χ2v) is 22.4. The lowest BCUT2D eigenvalue weighted by molar-refractivity contribution is 0.669. The van der Waals surface area contributed by atoms with E-state index in [-0.39, 0.29) is 6.04 Å². The highest BCUT2D eigenvalue weighted by molar-refractivity contribution is 6.15. The second kappa shape index (κ2) is 20.7. The van der Waals surface area contributed by atoms with Crippen molar-refractivity contribution in [2.45, 2.75) is 12.5 Å². The fourth-order valence-electron chi connectivity index (χ4n) is 13.5. The molecule has 1 aliphatic rings. The molecule has 0 bridgehead atoms. The molecule has 0 spiro atoms. The van der Waals surface area contributed by atoms with Crippen LogP contribution in [0.2, 0.25) is 0 Å². The van der Waals surface area contributed by atoms with Gasteiger partial charge < -0.3 is 13.6 Å². The van der Waals surface area contributed by atoms with Gasteiger partial charge in [-0.3, -0.25) is 19.9 Å². The highest BCUT2D eigenvalue weighted by Crippen LogP contribution is 2.45. The maximum Gasteiger partial charge on any atom is 0.135 e. The van der Waals surface area contributed by atoms with Crippen LogP contribution in [0.15, 0.2) is 301 Å². The molecule has 0 fully saturated rings. The van der Waals surface area contributed by atoms with Crippen molar-refractivity contribution in [2.24, 2.45) is 4.99 Å². The molecule has 0 saturated heterocycles. The minimum absolute atomic E-state index is 0.0585. The van der Waals surface area contributed by atoms with Gasteiger partial charge in [-0.25, -0.2) is 0 Å². The minimum Gasteiger partial charge on any atom is -0.456 e. The van der Waals surface area contributed by atoms with Crippen molar-refractivity contribution in [1.29, 1.82) is 0 Å². The standard InChI is InChI=1S/C80H52N6O/c1-5-21-61(71-25-9-13-41-81-71)57(17-1)51-29-35-75-65(45-51)66-46-52(58-18-2-6-22-62(58)72-26-10-14-42-82-72)30-36-76(66)85(75)55-33-39-79-69(49-55)70-50-56(34-40-80(70)87-79)86-77-37-31-53(59-19-3-7-23-63(59)73-27-11-15-43-83-73)47-67(77)68-48-54(32-38-78(68)86)60-20-4-8-24-64(60)74-28-12-16-44-84-74/h1-27,29-50,74H,28H2. The smallest absolute Gasteiger partial charge is 0.135 e. The fourth-order valence-corrected chi connectivity index (χ4v) is 13.5. The van der Waals surface area contributed by atoms with E-state index in [9.17, 15) is 0 Å². The van der Waals surface area contributed by atoms with Gasteiger partial charge in [-0.05, 0) is 184 Å². The van der Waals surface area contributed by atoms with Crippen LogP contribution in [0.5, 0.6) is 0 Å². The van der Waals surface area contributed by atoms with Gasteiger partial charge in [0.1, 0.15) is 11.2 Å². The van der Waals surface area contributed by atoms with Crippen molar-refractivity contribution in [3.63, 3.8) is 0 Å².